The van der Waals surface area contributed by atoms with Crippen LogP contribution in [0.15, 0.2) is 18.5 Å². The first kappa shape index (κ1) is 7.96. The summed E-state index contributed by atoms with van der Waals surface area (Å²) >= 11 is 1.47. The van der Waals surface area contributed by atoms with Gasteiger partial charge >= 0.3 is 0 Å². The van der Waals surface area contributed by atoms with E-state index < -0.39 is 0 Å². The highest BCUT2D eigenvalue weighted by molar-refractivity contribution is 7.19. The van der Waals surface area contributed by atoms with Crippen molar-refractivity contribution in [2.24, 2.45) is 0 Å². The van der Waals surface area contributed by atoms with Crippen LogP contribution in [0.4, 0.5) is 0 Å². The van der Waals surface area contributed by atoms with E-state index in [1.54, 1.807) is 12.4 Å². The fourth-order valence-electron chi connectivity index (χ4n) is 1.15. The molecule has 2 rings (SSSR count). The molecule has 62 valence electrons. The molecule has 0 fully saturated rings. The minimum absolute atomic E-state index is 0.593. The molecule has 0 saturated carbocycles. The van der Waals surface area contributed by atoms with Gasteiger partial charge in [-0.2, -0.15) is 0 Å². The van der Waals surface area contributed by atoms with Crippen molar-refractivity contribution in [1.29, 1.82) is 0 Å². The third-order valence-corrected chi connectivity index (χ3v) is 2.75. The number of pyridine rings is 1. The molecule has 0 aliphatic heterocycles. The molecular weight excluding hydrogens is 182 g/mol. The Bertz CT molecular complexity index is 507. The van der Waals surface area contributed by atoms with Crippen molar-refractivity contribution in [3.63, 3.8) is 0 Å². The van der Waals surface area contributed by atoms with Gasteiger partial charge in [0.1, 0.15) is 0 Å². The van der Waals surface area contributed by atoms with Crippen molar-refractivity contribution in [3.05, 3.63) is 28.9 Å². The minimum Gasteiger partial charge on any atom is -0.298 e. The van der Waals surface area contributed by atoms with Gasteiger partial charge in [0.25, 0.3) is 0 Å². The summed E-state index contributed by atoms with van der Waals surface area (Å²) < 4.78 is 0.956. The maximum absolute atomic E-state index is 10.6. The molecule has 0 spiro atoms. The SMILES string of the molecule is C#Cc1cc2c(C=O)cncc2s1. The molecular formula is C10H5NOS. The average Bonchev–Trinajstić information content (AvgIpc) is 2.59. The lowest BCUT2D eigenvalue weighted by molar-refractivity contribution is 0.112. The number of aromatic nitrogens is 1. The van der Waals surface area contributed by atoms with E-state index in [4.69, 9.17) is 6.42 Å². The average molecular weight is 187 g/mol. The number of hydrogen-bond donors (Lipinski definition) is 0. The van der Waals surface area contributed by atoms with Gasteiger partial charge in [0, 0.05) is 23.3 Å². The fraction of sp³-hybridized carbons (Fsp3) is 0. The molecule has 13 heavy (non-hydrogen) atoms. The van der Waals surface area contributed by atoms with Gasteiger partial charge in [0.2, 0.25) is 0 Å². The third-order valence-electron chi connectivity index (χ3n) is 1.75. The lowest BCUT2D eigenvalue weighted by atomic mass is 10.2. The van der Waals surface area contributed by atoms with Crippen LogP contribution in [0.5, 0.6) is 0 Å². The number of thiophene rings is 1. The Morgan fingerprint density at radius 3 is 3.08 bits per heavy atom. The van der Waals surface area contributed by atoms with Gasteiger partial charge in [-0.1, -0.05) is 5.92 Å². The van der Waals surface area contributed by atoms with Gasteiger partial charge < -0.3 is 0 Å². The van der Waals surface area contributed by atoms with Gasteiger partial charge in [0.05, 0.1) is 9.58 Å². The Kier molecular flexibility index (Phi) is 1.84. The Morgan fingerprint density at radius 2 is 2.38 bits per heavy atom. The number of carbonyl (C=O) groups excluding carboxylic acids is 1. The second kappa shape index (κ2) is 3.00. The summed E-state index contributed by atoms with van der Waals surface area (Å²) in [4.78, 5) is 15.4. The summed E-state index contributed by atoms with van der Waals surface area (Å²) in [6.45, 7) is 0. The molecule has 0 atom stereocenters. The van der Waals surface area contributed by atoms with Crippen molar-refractivity contribution < 1.29 is 4.79 Å². The van der Waals surface area contributed by atoms with Crippen molar-refractivity contribution >= 4 is 27.7 Å². The second-order valence-electron chi connectivity index (χ2n) is 2.51. The van der Waals surface area contributed by atoms with Crippen LogP contribution in [0.25, 0.3) is 10.1 Å². The van der Waals surface area contributed by atoms with Crippen LogP contribution in [0.2, 0.25) is 0 Å². The summed E-state index contributed by atoms with van der Waals surface area (Å²) in [7, 11) is 0. The van der Waals surface area contributed by atoms with E-state index in [0.29, 0.717) is 5.56 Å². The number of hydrogen-bond acceptors (Lipinski definition) is 3. The van der Waals surface area contributed by atoms with E-state index in [-0.39, 0.29) is 0 Å². The van der Waals surface area contributed by atoms with Crippen molar-refractivity contribution in [2.45, 2.75) is 0 Å². The molecule has 0 N–H and O–H groups in total. The molecule has 0 saturated heterocycles. The maximum Gasteiger partial charge on any atom is 0.152 e. The van der Waals surface area contributed by atoms with E-state index in [1.165, 1.54) is 11.3 Å². The van der Waals surface area contributed by atoms with Crippen LogP contribution in [-0.4, -0.2) is 11.3 Å². The molecule has 0 unspecified atom stereocenters. The molecule has 2 aromatic heterocycles. The standard InChI is InChI=1S/C10H5NOS/c1-2-8-3-9-7(6-12)4-11-5-10(9)13-8/h1,3-6H. The summed E-state index contributed by atoms with van der Waals surface area (Å²) in [5, 5.41) is 0.892. The lowest BCUT2D eigenvalue weighted by Gasteiger charge is -1.90. The van der Waals surface area contributed by atoms with Crippen LogP contribution in [0, 0.1) is 12.3 Å². The molecule has 3 heteroatoms. The van der Waals surface area contributed by atoms with Gasteiger partial charge in [-0.3, -0.25) is 9.78 Å². The highest BCUT2D eigenvalue weighted by atomic mass is 32.1. The first-order chi connectivity index (χ1) is 6.35. The van der Waals surface area contributed by atoms with E-state index >= 15 is 0 Å². The summed E-state index contributed by atoms with van der Waals surface area (Å²) in [6, 6.07) is 1.84. The lowest BCUT2D eigenvalue weighted by Crippen LogP contribution is -1.81. The van der Waals surface area contributed by atoms with E-state index in [2.05, 4.69) is 10.9 Å². The molecule has 0 aliphatic carbocycles. The van der Waals surface area contributed by atoms with Crippen molar-refractivity contribution in [3.8, 4) is 12.3 Å². The smallest absolute Gasteiger partial charge is 0.152 e. The molecule has 0 aromatic carbocycles. The number of terminal acetylenes is 1. The topological polar surface area (TPSA) is 30.0 Å². The highest BCUT2D eigenvalue weighted by Gasteiger charge is 2.04. The Morgan fingerprint density at radius 1 is 1.54 bits per heavy atom. The minimum atomic E-state index is 0.593. The first-order valence-electron chi connectivity index (χ1n) is 3.64. The molecule has 2 aromatic rings. The zero-order valence-electron chi connectivity index (χ0n) is 6.65. The summed E-state index contributed by atoms with van der Waals surface area (Å²) in [6.07, 6.45) is 9.31. The van der Waals surface area contributed by atoms with Crippen LogP contribution < -0.4 is 0 Å². The monoisotopic (exact) mass is 187 g/mol. The maximum atomic E-state index is 10.6. The highest BCUT2D eigenvalue weighted by Crippen LogP contribution is 2.25. The predicted octanol–water partition coefficient (Wildman–Crippen LogP) is 2.09. The van der Waals surface area contributed by atoms with Crippen LogP contribution in [-0.2, 0) is 0 Å². The van der Waals surface area contributed by atoms with Crippen LogP contribution in [0.3, 0.4) is 0 Å². The van der Waals surface area contributed by atoms with Crippen molar-refractivity contribution in [1.82, 2.24) is 4.98 Å². The molecule has 2 heterocycles. The molecule has 2 nitrogen and oxygen atoms in total. The predicted molar refractivity (Wildman–Crippen MR) is 52.9 cm³/mol. The number of fused-ring (bicyclic) bond motifs is 1. The van der Waals surface area contributed by atoms with E-state index in [0.717, 1.165) is 21.2 Å². The Balaban J connectivity index is 2.83. The van der Waals surface area contributed by atoms with E-state index in [9.17, 15) is 4.79 Å². The number of carbonyl (C=O) groups is 1. The number of nitrogens with zero attached hydrogens (tertiary/aromatic N) is 1. The first-order valence-corrected chi connectivity index (χ1v) is 4.46. The molecule has 0 bridgehead atoms. The summed E-state index contributed by atoms with van der Waals surface area (Å²) in [5.74, 6) is 2.54. The third kappa shape index (κ3) is 1.21. The second-order valence-corrected chi connectivity index (χ2v) is 3.60. The number of aldehydes is 1. The van der Waals surface area contributed by atoms with Gasteiger partial charge in [-0.15, -0.1) is 17.8 Å². The van der Waals surface area contributed by atoms with Gasteiger partial charge in [-0.05, 0) is 6.07 Å². The van der Waals surface area contributed by atoms with Crippen molar-refractivity contribution in [2.75, 3.05) is 0 Å². The molecule has 0 radical (unpaired) electrons. The Labute approximate surface area is 79.2 Å². The number of rotatable bonds is 1. The zero-order chi connectivity index (χ0) is 9.26. The summed E-state index contributed by atoms with van der Waals surface area (Å²) in [5.41, 5.74) is 0.593. The largest absolute Gasteiger partial charge is 0.298 e. The zero-order valence-corrected chi connectivity index (χ0v) is 7.47. The van der Waals surface area contributed by atoms with E-state index in [1.807, 2.05) is 6.07 Å². The Hall–Kier alpha value is -1.66. The van der Waals surface area contributed by atoms with Crippen LogP contribution in [0.1, 0.15) is 15.2 Å². The molecule has 0 aliphatic rings. The molecule has 0 amide bonds. The van der Waals surface area contributed by atoms with Crippen LogP contribution >= 0.6 is 11.3 Å². The van der Waals surface area contributed by atoms with Gasteiger partial charge in [0.15, 0.2) is 6.29 Å². The fourth-order valence-corrected chi connectivity index (χ4v) is 2.02. The quantitative estimate of drug-likeness (QED) is 0.505. The van der Waals surface area contributed by atoms with Gasteiger partial charge in [-0.25, -0.2) is 0 Å². The normalized spacial score (nSPS) is 9.77.